The van der Waals surface area contributed by atoms with Crippen LogP contribution in [0.25, 0.3) is 0 Å². The van der Waals surface area contributed by atoms with Crippen LogP contribution in [0, 0.1) is 5.92 Å². The van der Waals surface area contributed by atoms with Crippen LogP contribution in [0.1, 0.15) is 89.7 Å². The van der Waals surface area contributed by atoms with E-state index < -0.39 is 65.9 Å². The third-order valence-corrected chi connectivity index (χ3v) is 10.7. The Morgan fingerprint density at radius 1 is 0.855 bits per heavy atom. The number of hydrogen-bond acceptors (Lipinski definition) is 9. The molecule has 2 aromatic rings. The van der Waals surface area contributed by atoms with Gasteiger partial charge in [0, 0.05) is 32.5 Å². The summed E-state index contributed by atoms with van der Waals surface area (Å²) in [5.41, 5.74) is 1.22. The Balaban J connectivity index is 1.83. The number of carbonyl (C=O) groups is 5. The Morgan fingerprint density at radius 3 is 1.95 bits per heavy atom. The molecule has 1 saturated heterocycles. The molecule has 55 heavy (non-hydrogen) atoms. The molecular formula is C41H61N5O9. The number of carboxylic acid groups (broad SMARTS) is 1. The SMILES string of the molecule is CCCCCCC[C@@H](NC)[C@@H](O)C(=O)N[C@@H](Cc1ccc(O)cc1)C(=O)N(C)[C@H](C(=O)N1CCC[C@H]1C(=O)N[C@H](Cc1ccc(O)cc1)C(=O)O)[C@@H](C)CC. The van der Waals surface area contributed by atoms with Crippen LogP contribution in [-0.2, 0) is 36.8 Å². The molecule has 3 rings (SSSR count). The zero-order chi connectivity index (χ0) is 40.7. The molecule has 0 aliphatic carbocycles. The molecular weight excluding hydrogens is 706 g/mol. The minimum absolute atomic E-state index is 0.0108. The van der Waals surface area contributed by atoms with Gasteiger partial charge in [0.15, 0.2) is 0 Å². The van der Waals surface area contributed by atoms with E-state index in [-0.39, 0.29) is 36.8 Å². The summed E-state index contributed by atoms with van der Waals surface area (Å²) >= 11 is 0. The fourth-order valence-electron chi connectivity index (χ4n) is 7.14. The zero-order valence-electron chi connectivity index (χ0n) is 32.9. The summed E-state index contributed by atoms with van der Waals surface area (Å²) in [7, 11) is 3.16. The van der Waals surface area contributed by atoms with Gasteiger partial charge >= 0.3 is 5.97 Å². The summed E-state index contributed by atoms with van der Waals surface area (Å²) in [6.45, 7) is 6.06. The van der Waals surface area contributed by atoms with Crippen molar-refractivity contribution in [2.24, 2.45) is 5.92 Å². The maximum Gasteiger partial charge on any atom is 0.326 e. The number of amides is 4. The Labute approximate surface area is 324 Å². The number of aliphatic hydroxyl groups is 1. The van der Waals surface area contributed by atoms with E-state index in [0.29, 0.717) is 36.8 Å². The molecule has 304 valence electrons. The van der Waals surface area contributed by atoms with E-state index in [1.807, 2.05) is 13.8 Å². The molecule has 1 fully saturated rings. The molecule has 0 saturated carbocycles. The van der Waals surface area contributed by atoms with Crippen LogP contribution in [0.2, 0.25) is 0 Å². The van der Waals surface area contributed by atoms with Crippen molar-refractivity contribution in [2.75, 3.05) is 20.6 Å². The first-order valence-electron chi connectivity index (χ1n) is 19.5. The summed E-state index contributed by atoms with van der Waals surface area (Å²) in [6.07, 6.45) is 5.44. The summed E-state index contributed by atoms with van der Waals surface area (Å²) in [6, 6.07) is 7.17. The zero-order valence-corrected chi connectivity index (χ0v) is 32.9. The Bertz CT molecular complexity index is 1550. The normalized spacial score (nSPS) is 17.3. The van der Waals surface area contributed by atoms with Crippen LogP contribution in [0.5, 0.6) is 11.5 Å². The monoisotopic (exact) mass is 767 g/mol. The summed E-state index contributed by atoms with van der Waals surface area (Å²) in [4.78, 5) is 70.9. The molecule has 4 amide bonds. The molecule has 2 aromatic carbocycles. The second-order valence-electron chi connectivity index (χ2n) is 14.7. The Kier molecular flexibility index (Phi) is 17.9. The van der Waals surface area contributed by atoms with Crippen LogP contribution in [0.4, 0.5) is 0 Å². The molecule has 7 N–H and O–H groups in total. The number of carboxylic acids is 1. The van der Waals surface area contributed by atoms with E-state index in [0.717, 1.165) is 32.1 Å². The number of aliphatic hydroxyl groups excluding tert-OH is 1. The third kappa shape index (κ3) is 13.0. The first-order chi connectivity index (χ1) is 26.2. The van der Waals surface area contributed by atoms with Crippen LogP contribution in [0.15, 0.2) is 48.5 Å². The molecule has 1 aliphatic rings. The van der Waals surface area contributed by atoms with Crippen LogP contribution in [-0.4, -0.2) is 117 Å². The standard InChI is InChI=1S/C41H61N5O9/c1-6-8-9-10-11-13-31(42-4)36(49)38(51)43-32(24-27-15-19-29(47)20-16-27)39(52)45(5)35(26(3)7-2)40(53)46-23-12-14-34(46)37(50)44-33(41(54)55)25-28-17-21-30(48)22-18-28/h15-22,26,31-36,42,47-49H,6-14,23-25H2,1-5H3,(H,43,51)(H,44,50)(H,54,55)/t26-,31+,32-,33+,34-,35-,36+/m0/s1. The van der Waals surface area contributed by atoms with Gasteiger partial charge in [-0.2, -0.15) is 0 Å². The number of unbranched alkanes of at least 4 members (excludes halogenated alkanes) is 4. The van der Waals surface area contributed by atoms with Gasteiger partial charge in [0.1, 0.15) is 41.8 Å². The number of carbonyl (C=O) groups excluding carboxylic acids is 4. The summed E-state index contributed by atoms with van der Waals surface area (Å²) < 4.78 is 0. The van der Waals surface area contributed by atoms with Gasteiger partial charge in [-0.1, -0.05) is 83.6 Å². The van der Waals surface area contributed by atoms with Gasteiger partial charge in [-0.15, -0.1) is 0 Å². The van der Waals surface area contributed by atoms with Crippen molar-refractivity contribution < 1.29 is 44.4 Å². The first-order valence-corrected chi connectivity index (χ1v) is 19.5. The van der Waals surface area contributed by atoms with Crippen molar-refractivity contribution in [2.45, 2.75) is 128 Å². The van der Waals surface area contributed by atoms with Crippen molar-refractivity contribution in [3.8, 4) is 11.5 Å². The lowest BCUT2D eigenvalue weighted by molar-refractivity contribution is -0.151. The minimum Gasteiger partial charge on any atom is -0.508 e. The van der Waals surface area contributed by atoms with Crippen LogP contribution >= 0.6 is 0 Å². The number of likely N-dealkylation sites (N-methyl/N-ethyl adjacent to an activating group) is 2. The van der Waals surface area contributed by atoms with Gasteiger partial charge in [0.25, 0.3) is 5.91 Å². The lowest BCUT2D eigenvalue weighted by Crippen LogP contribution is -2.60. The van der Waals surface area contributed by atoms with Gasteiger partial charge < -0.3 is 46.2 Å². The molecule has 0 spiro atoms. The van der Waals surface area contributed by atoms with E-state index in [9.17, 15) is 44.4 Å². The van der Waals surface area contributed by atoms with Crippen molar-refractivity contribution in [3.63, 3.8) is 0 Å². The van der Waals surface area contributed by atoms with Crippen molar-refractivity contribution in [1.29, 1.82) is 0 Å². The van der Waals surface area contributed by atoms with E-state index in [1.54, 1.807) is 31.3 Å². The number of nitrogens with zero attached hydrogens (tertiary/aromatic N) is 2. The first kappa shape index (κ1) is 44.7. The predicted octanol–water partition coefficient (Wildman–Crippen LogP) is 3.11. The van der Waals surface area contributed by atoms with Gasteiger partial charge in [-0.05, 0) is 67.6 Å². The van der Waals surface area contributed by atoms with Crippen LogP contribution < -0.4 is 16.0 Å². The quantitative estimate of drug-likeness (QED) is 0.0872. The molecule has 14 nitrogen and oxygen atoms in total. The number of benzene rings is 2. The molecule has 7 atom stereocenters. The van der Waals surface area contributed by atoms with Gasteiger partial charge in [0.2, 0.25) is 17.7 Å². The highest BCUT2D eigenvalue weighted by atomic mass is 16.4. The van der Waals surface area contributed by atoms with Crippen LogP contribution in [0.3, 0.4) is 0 Å². The maximum absolute atomic E-state index is 14.4. The number of phenols is 2. The number of aromatic hydroxyl groups is 2. The number of nitrogens with one attached hydrogen (secondary N) is 3. The lowest BCUT2D eigenvalue weighted by Gasteiger charge is -2.38. The second-order valence-corrected chi connectivity index (χ2v) is 14.7. The van der Waals surface area contributed by atoms with E-state index in [4.69, 9.17) is 0 Å². The smallest absolute Gasteiger partial charge is 0.326 e. The maximum atomic E-state index is 14.4. The molecule has 0 aromatic heterocycles. The summed E-state index contributed by atoms with van der Waals surface area (Å²) in [5, 5.41) is 48.8. The predicted molar refractivity (Wildman–Crippen MR) is 208 cm³/mol. The van der Waals surface area contributed by atoms with Crippen molar-refractivity contribution >= 4 is 29.6 Å². The fraction of sp³-hybridized carbons (Fsp3) is 0.585. The van der Waals surface area contributed by atoms with Gasteiger partial charge in [-0.3, -0.25) is 19.2 Å². The Hall–Kier alpha value is -4.69. The number of hydrogen-bond donors (Lipinski definition) is 7. The van der Waals surface area contributed by atoms with Crippen molar-refractivity contribution in [1.82, 2.24) is 25.8 Å². The number of rotatable bonds is 22. The topological polar surface area (TPSA) is 209 Å². The van der Waals surface area contributed by atoms with E-state index in [1.165, 1.54) is 41.1 Å². The molecule has 1 aliphatic heterocycles. The number of likely N-dealkylation sites (tertiary alicyclic amines) is 1. The molecule has 0 bridgehead atoms. The molecule has 0 unspecified atom stereocenters. The molecule has 1 heterocycles. The highest BCUT2D eigenvalue weighted by molar-refractivity contribution is 5.96. The fourth-order valence-corrected chi connectivity index (χ4v) is 7.14. The number of aliphatic carboxylic acids is 1. The lowest BCUT2D eigenvalue weighted by atomic mass is 9.94. The molecule has 14 heteroatoms. The highest BCUT2D eigenvalue weighted by Crippen LogP contribution is 2.25. The van der Waals surface area contributed by atoms with E-state index >= 15 is 0 Å². The Morgan fingerprint density at radius 2 is 1.42 bits per heavy atom. The largest absolute Gasteiger partial charge is 0.508 e. The van der Waals surface area contributed by atoms with E-state index in [2.05, 4.69) is 22.9 Å². The average Bonchev–Trinajstić information content (AvgIpc) is 3.67. The third-order valence-electron chi connectivity index (χ3n) is 10.7. The number of phenolic OH excluding ortho intramolecular Hbond substituents is 2. The van der Waals surface area contributed by atoms with Gasteiger partial charge in [0.05, 0.1) is 0 Å². The summed E-state index contributed by atoms with van der Waals surface area (Å²) in [5.74, 6) is -3.97. The second kappa shape index (κ2) is 22.0. The molecule has 0 radical (unpaired) electrons. The minimum atomic E-state index is -1.45. The van der Waals surface area contributed by atoms with Gasteiger partial charge in [-0.25, -0.2) is 4.79 Å². The average molecular weight is 768 g/mol. The highest BCUT2D eigenvalue weighted by Gasteiger charge is 2.43. The van der Waals surface area contributed by atoms with Crippen molar-refractivity contribution in [3.05, 3.63) is 59.7 Å².